The first-order chi connectivity index (χ1) is 5.98. The molecule has 84 valence electrons. The van der Waals surface area contributed by atoms with Crippen LogP contribution in [0, 0.1) is 5.92 Å². The zero-order valence-corrected chi connectivity index (χ0v) is 6.39. The highest BCUT2D eigenvalue weighted by Gasteiger charge is 2.54. The summed E-state index contributed by atoms with van der Waals surface area (Å²) in [6.07, 6.45) is -15.3. The van der Waals surface area contributed by atoms with E-state index in [9.17, 15) is 35.1 Å². The molecule has 8 heteroatoms. The first kappa shape index (κ1) is 13.2. The van der Waals surface area contributed by atoms with Crippen molar-refractivity contribution in [2.75, 3.05) is 0 Å². The van der Waals surface area contributed by atoms with E-state index in [0.29, 0.717) is 0 Å². The van der Waals surface area contributed by atoms with Crippen LogP contribution >= 0.6 is 0 Å². The highest BCUT2D eigenvalue weighted by molar-refractivity contribution is 5.11. The molecule has 14 heavy (non-hydrogen) atoms. The maximum Gasteiger partial charge on any atom is 0.412 e. The van der Waals surface area contributed by atoms with Crippen LogP contribution in [0.15, 0.2) is 12.2 Å². The van der Waals surface area contributed by atoms with Crippen molar-refractivity contribution in [3.63, 3.8) is 0 Å². The lowest BCUT2D eigenvalue weighted by atomic mass is 10.0. The second kappa shape index (κ2) is 3.74. The van der Waals surface area contributed by atoms with E-state index < -0.39 is 30.3 Å². The van der Waals surface area contributed by atoms with Crippen LogP contribution in [-0.4, -0.2) is 18.8 Å². The Bertz CT molecular complexity index is 209. The Balaban J connectivity index is 4.97. The Kier molecular flexibility index (Phi) is 3.52. The van der Waals surface area contributed by atoms with Crippen molar-refractivity contribution in [2.45, 2.75) is 18.8 Å². The minimum Gasteiger partial charge on any atom is -0.209 e. The van der Waals surface area contributed by atoms with E-state index in [1.807, 2.05) is 6.58 Å². The van der Waals surface area contributed by atoms with Gasteiger partial charge >= 0.3 is 12.4 Å². The Morgan fingerprint density at radius 2 is 1.29 bits per heavy atom. The average molecular weight is 228 g/mol. The van der Waals surface area contributed by atoms with E-state index in [1.54, 1.807) is 0 Å². The molecule has 0 spiro atoms. The van der Waals surface area contributed by atoms with Crippen molar-refractivity contribution >= 4 is 0 Å². The van der Waals surface area contributed by atoms with Gasteiger partial charge in [0.15, 0.2) is 0 Å². The number of allylic oxidation sites excluding steroid dienone is 1. The van der Waals surface area contributed by atoms with Crippen LogP contribution in [0.5, 0.6) is 0 Å². The monoisotopic (exact) mass is 228 g/mol. The van der Waals surface area contributed by atoms with Gasteiger partial charge < -0.3 is 0 Å². The number of rotatable bonds is 2. The minimum atomic E-state index is -5.65. The maximum atomic E-state index is 11.7. The van der Waals surface area contributed by atoms with E-state index in [-0.39, 0.29) is 0 Å². The fourth-order valence-electron chi connectivity index (χ4n) is 0.669. The molecule has 0 N–H and O–H groups in total. The lowest BCUT2D eigenvalue weighted by molar-refractivity contribution is -0.213. The fourth-order valence-corrected chi connectivity index (χ4v) is 0.669. The van der Waals surface area contributed by atoms with Crippen LogP contribution < -0.4 is 0 Å². The smallest absolute Gasteiger partial charge is 0.209 e. The molecule has 0 aromatic carbocycles. The molecule has 0 aliphatic rings. The predicted octanol–water partition coefficient (Wildman–Crippen LogP) is 3.55. The van der Waals surface area contributed by atoms with Crippen molar-refractivity contribution in [2.24, 2.45) is 5.92 Å². The van der Waals surface area contributed by atoms with Gasteiger partial charge in [0.05, 0.1) is 0 Å². The fraction of sp³-hybridized carbons (Fsp3) is 0.667. The van der Waals surface area contributed by atoms with E-state index in [2.05, 4.69) is 0 Å². The standard InChI is InChI=1S/C6H4F8/c1-2(5(9,10)11)3(4(7)8)6(12,13)14/h3-4H,1H2. The minimum absolute atomic E-state index is 1.99. The van der Waals surface area contributed by atoms with E-state index >= 15 is 0 Å². The van der Waals surface area contributed by atoms with Crippen molar-refractivity contribution in [1.29, 1.82) is 0 Å². The molecule has 0 saturated carbocycles. The van der Waals surface area contributed by atoms with Gasteiger partial charge in [0, 0.05) is 5.57 Å². The quantitative estimate of drug-likeness (QED) is 0.500. The van der Waals surface area contributed by atoms with Crippen LogP contribution in [0.2, 0.25) is 0 Å². The number of hydrogen-bond acceptors (Lipinski definition) is 0. The molecule has 0 saturated heterocycles. The van der Waals surface area contributed by atoms with Gasteiger partial charge in [-0.3, -0.25) is 0 Å². The summed E-state index contributed by atoms with van der Waals surface area (Å²) in [6, 6.07) is 0. The van der Waals surface area contributed by atoms with Gasteiger partial charge in [-0.1, -0.05) is 6.58 Å². The van der Waals surface area contributed by atoms with Crippen molar-refractivity contribution in [3.8, 4) is 0 Å². The number of alkyl halides is 8. The highest BCUT2D eigenvalue weighted by atomic mass is 19.4. The molecule has 0 aromatic rings. The van der Waals surface area contributed by atoms with E-state index in [4.69, 9.17) is 0 Å². The summed E-state index contributed by atoms with van der Waals surface area (Å²) in [6.45, 7) is 1.99. The molecule has 0 amide bonds. The Morgan fingerprint density at radius 1 is 0.929 bits per heavy atom. The summed E-state index contributed by atoms with van der Waals surface area (Å²) in [5.74, 6) is -3.86. The summed E-state index contributed by atoms with van der Waals surface area (Å²) in [5.41, 5.74) is -2.49. The van der Waals surface area contributed by atoms with Gasteiger partial charge in [0.1, 0.15) is 5.92 Å². The molecule has 0 heterocycles. The highest BCUT2D eigenvalue weighted by Crippen LogP contribution is 2.42. The Hall–Kier alpha value is -0.820. The second-order valence-electron chi connectivity index (χ2n) is 2.38. The lowest BCUT2D eigenvalue weighted by Crippen LogP contribution is -2.36. The van der Waals surface area contributed by atoms with Gasteiger partial charge in [-0.2, -0.15) is 26.3 Å². The third-order valence-electron chi connectivity index (χ3n) is 1.34. The van der Waals surface area contributed by atoms with Crippen molar-refractivity contribution < 1.29 is 35.1 Å². The Morgan fingerprint density at radius 3 is 1.36 bits per heavy atom. The van der Waals surface area contributed by atoms with Gasteiger partial charge in [-0.05, 0) is 0 Å². The molecule has 0 rings (SSSR count). The van der Waals surface area contributed by atoms with Crippen molar-refractivity contribution in [1.82, 2.24) is 0 Å². The zero-order chi connectivity index (χ0) is 11.7. The molecule has 0 aliphatic heterocycles. The summed E-state index contributed by atoms with van der Waals surface area (Å²) in [4.78, 5) is 0. The molecular weight excluding hydrogens is 224 g/mol. The van der Waals surface area contributed by atoms with Gasteiger partial charge in [0.25, 0.3) is 6.43 Å². The maximum absolute atomic E-state index is 11.7. The predicted molar refractivity (Wildman–Crippen MR) is 30.7 cm³/mol. The van der Waals surface area contributed by atoms with Crippen molar-refractivity contribution in [3.05, 3.63) is 12.2 Å². The van der Waals surface area contributed by atoms with E-state index in [1.165, 1.54) is 0 Å². The molecule has 0 bridgehead atoms. The molecular formula is C6H4F8. The molecule has 1 unspecified atom stereocenters. The largest absolute Gasteiger partial charge is 0.412 e. The van der Waals surface area contributed by atoms with Crippen LogP contribution in [0.25, 0.3) is 0 Å². The average Bonchev–Trinajstić information content (AvgIpc) is 1.79. The SMILES string of the molecule is C=C(C(C(F)F)C(F)(F)F)C(F)(F)F. The number of halogens is 8. The topological polar surface area (TPSA) is 0 Å². The summed E-state index contributed by atoms with van der Waals surface area (Å²) < 4.78 is 93.5. The van der Waals surface area contributed by atoms with Crippen LogP contribution in [0.4, 0.5) is 35.1 Å². The van der Waals surface area contributed by atoms with Gasteiger partial charge in [-0.25, -0.2) is 8.78 Å². The molecule has 0 radical (unpaired) electrons. The molecule has 0 aromatic heterocycles. The summed E-state index contributed by atoms with van der Waals surface area (Å²) in [7, 11) is 0. The Labute approximate surface area is 73.2 Å². The van der Waals surface area contributed by atoms with E-state index in [0.717, 1.165) is 0 Å². The zero-order valence-electron chi connectivity index (χ0n) is 6.39. The molecule has 0 fully saturated rings. The third kappa shape index (κ3) is 3.15. The van der Waals surface area contributed by atoms with Gasteiger partial charge in [-0.15, -0.1) is 0 Å². The van der Waals surface area contributed by atoms with Crippen LogP contribution in [-0.2, 0) is 0 Å². The second-order valence-corrected chi connectivity index (χ2v) is 2.38. The molecule has 1 atom stereocenters. The summed E-state index contributed by atoms with van der Waals surface area (Å²) >= 11 is 0. The first-order valence-electron chi connectivity index (χ1n) is 3.08. The third-order valence-corrected chi connectivity index (χ3v) is 1.34. The van der Waals surface area contributed by atoms with Crippen LogP contribution in [0.1, 0.15) is 0 Å². The summed E-state index contributed by atoms with van der Waals surface area (Å²) in [5, 5.41) is 0. The molecule has 0 aliphatic carbocycles. The molecule has 0 nitrogen and oxygen atoms in total. The number of hydrogen-bond donors (Lipinski definition) is 0. The normalized spacial score (nSPS) is 15.8. The van der Waals surface area contributed by atoms with Crippen LogP contribution in [0.3, 0.4) is 0 Å². The lowest BCUT2D eigenvalue weighted by Gasteiger charge is -2.22. The first-order valence-corrected chi connectivity index (χ1v) is 3.08. The van der Waals surface area contributed by atoms with Gasteiger partial charge in [0.2, 0.25) is 0 Å².